The molecule has 3 heteroatoms. The van der Waals surface area contributed by atoms with Crippen molar-refractivity contribution >= 4 is 0 Å². The first-order chi connectivity index (χ1) is 7.29. The topological polar surface area (TPSA) is 27.1 Å². The molecule has 1 heterocycles. The molecule has 0 amide bonds. The van der Waals surface area contributed by atoms with Gasteiger partial charge in [-0.25, -0.2) is 4.98 Å². The highest BCUT2D eigenvalue weighted by Crippen LogP contribution is 2.19. The van der Waals surface area contributed by atoms with Crippen LogP contribution in [0.5, 0.6) is 11.8 Å². The summed E-state index contributed by atoms with van der Waals surface area (Å²) >= 11 is 0. The van der Waals surface area contributed by atoms with Crippen LogP contribution in [0.1, 0.15) is 12.6 Å². The van der Waals surface area contributed by atoms with Crippen molar-refractivity contribution in [1.82, 2.24) is 9.55 Å². The standard InChI is InChI=1S/C12H14N2O/c1-3-14-9-10(2)13-12(14)15-11-7-5-4-6-8-11/h4-9H,3H2,1-2H3. The number of aryl methyl sites for hydroxylation is 2. The molecule has 0 atom stereocenters. The predicted molar refractivity (Wildman–Crippen MR) is 59.2 cm³/mol. The maximum Gasteiger partial charge on any atom is 0.302 e. The second kappa shape index (κ2) is 4.17. The van der Waals surface area contributed by atoms with Gasteiger partial charge < -0.3 is 9.30 Å². The largest absolute Gasteiger partial charge is 0.426 e. The Morgan fingerprint density at radius 2 is 2.00 bits per heavy atom. The van der Waals surface area contributed by atoms with Gasteiger partial charge in [0.2, 0.25) is 0 Å². The monoisotopic (exact) mass is 202 g/mol. The number of hydrogen-bond acceptors (Lipinski definition) is 2. The summed E-state index contributed by atoms with van der Waals surface area (Å²) in [5.41, 5.74) is 0.975. The van der Waals surface area contributed by atoms with E-state index in [0.717, 1.165) is 18.0 Å². The van der Waals surface area contributed by atoms with Crippen LogP contribution in [0, 0.1) is 6.92 Å². The molecule has 0 radical (unpaired) electrons. The quantitative estimate of drug-likeness (QED) is 0.765. The maximum atomic E-state index is 5.67. The molecule has 0 aliphatic heterocycles. The maximum absolute atomic E-state index is 5.67. The molecule has 0 saturated carbocycles. The van der Waals surface area contributed by atoms with Crippen molar-refractivity contribution in [3.8, 4) is 11.8 Å². The number of imidazole rings is 1. The van der Waals surface area contributed by atoms with Crippen LogP contribution in [0.4, 0.5) is 0 Å². The molecule has 2 rings (SSSR count). The Hall–Kier alpha value is -1.77. The van der Waals surface area contributed by atoms with Crippen molar-refractivity contribution in [2.24, 2.45) is 0 Å². The van der Waals surface area contributed by atoms with Gasteiger partial charge in [0.15, 0.2) is 0 Å². The highest BCUT2D eigenvalue weighted by Gasteiger charge is 2.05. The predicted octanol–water partition coefficient (Wildman–Crippen LogP) is 3.00. The first-order valence-corrected chi connectivity index (χ1v) is 5.06. The van der Waals surface area contributed by atoms with Gasteiger partial charge in [-0.1, -0.05) is 18.2 Å². The van der Waals surface area contributed by atoms with Gasteiger partial charge in [-0.3, -0.25) is 0 Å². The van der Waals surface area contributed by atoms with Crippen LogP contribution in [0.3, 0.4) is 0 Å². The van der Waals surface area contributed by atoms with Crippen LogP contribution in [0.2, 0.25) is 0 Å². The van der Waals surface area contributed by atoms with Gasteiger partial charge in [0, 0.05) is 12.7 Å². The molecule has 1 aromatic heterocycles. The van der Waals surface area contributed by atoms with Crippen LogP contribution in [0.15, 0.2) is 36.5 Å². The van der Waals surface area contributed by atoms with E-state index in [9.17, 15) is 0 Å². The van der Waals surface area contributed by atoms with E-state index < -0.39 is 0 Å². The van der Waals surface area contributed by atoms with Crippen molar-refractivity contribution < 1.29 is 4.74 Å². The Morgan fingerprint density at radius 3 is 2.67 bits per heavy atom. The second-order valence-corrected chi connectivity index (χ2v) is 3.37. The minimum atomic E-state index is 0.654. The van der Waals surface area contributed by atoms with Crippen molar-refractivity contribution in [2.75, 3.05) is 0 Å². The van der Waals surface area contributed by atoms with E-state index in [-0.39, 0.29) is 0 Å². The Morgan fingerprint density at radius 1 is 1.27 bits per heavy atom. The molecule has 0 saturated heterocycles. The van der Waals surface area contributed by atoms with Crippen LogP contribution in [0.25, 0.3) is 0 Å². The molecule has 0 aliphatic rings. The third kappa shape index (κ3) is 2.18. The molecule has 0 spiro atoms. The molecule has 1 aromatic carbocycles. The van der Waals surface area contributed by atoms with Gasteiger partial charge in [0.25, 0.3) is 0 Å². The highest BCUT2D eigenvalue weighted by molar-refractivity contribution is 5.25. The van der Waals surface area contributed by atoms with Gasteiger partial charge in [-0.2, -0.15) is 0 Å². The first kappa shape index (κ1) is 9.77. The molecule has 0 unspecified atom stereocenters. The van der Waals surface area contributed by atoms with E-state index >= 15 is 0 Å². The highest BCUT2D eigenvalue weighted by atomic mass is 16.5. The number of hydrogen-bond donors (Lipinski definition) is 0. The van der Waals surface area contributed by atoms with Crippen LogP contribution < -0.4 is 4.74 Å². The summed E-state index contributed by atoms with van der Waals surface area (Å²) in [6.07, 6.45) is 1.98. The molecular weight excluding hydrogens is 188 g/mol. The summed E-state index contributed by atoms with van der Waals surface area (Å²) in [6.45, 7) is 4.89. The zero-order valence-corrected chi connectivity index (χ0v) is 8.97. The van der Waals surface area contributed by atoms with E-state index in [0.29, 0.717) is 6.01 Å². The van der Waals surface area contributed by atoms with Gasteiger partial charge in [0.1, 0.15) is 5.75 Å². The average molecular weight is 202 g/mol. The summed E-state index contributed by atoms with van der Waals surface area (Å²) in [5.74, 6) is 0.817. The lowest BCUT2D eigenvalue weighted by Crippen LogP contribution is -1.96. The molecule has 0 aliphatic carbocycles. The van der Waals surface area contributed by atoms with Gasteiger partial charge in [-0.15, -0.1) is 0 Å². The van der Waals surface area contributed by atoms with E-state index in [1.165, 1.54) is 0 Å². The van der Waals surface area contributed by atoms with E-state index in [1.807, 2.05) is 48.0 Å². The Kier molecular flexibility index (Phi) is 2.72. The third-order valence-corrected chi connectivity index (χ3v) is 2.15. The Bertz CT molecular complexity index is 434. The fraction of sp³-hybridized carbons (Fsp3) is 0.250. The lowest BCUT2D eigenvalue weighted by Gasteiger charge is -2.05. The summed E-state index contributed by atoms with van der Waals surface area (Å²) < 4.78 is 7.66. The van der Waals surface area contributed by atoms with Gasteiger partial charge >= 0.3 is 6.01 Å². The minimum absolute atomic E-state index is 0.654. The van der Waals surface area contributed by atoms with E-state index in [1.54, 1.807) is 0 Å². The van der Waals surface area contributed by atoms with Crippen molar-refractivity contribution in [3.05, 3.63) is 42.2 Å². The number of para-hydroxylation sites is 1. The summed E-state index contributed by atoms with van der Waals surface area (Å²) in [6, 6.07) is 10.3. The fourth-order valence-corrected chi connectivity index (χ4v) is 1.43. The SMILES string of the molecule is CCn1cc(C)nc1Oc1ccccc1. The number of rotatable bonds is 3. The molecule has 0 N–H and O–H groups in total. The molecule has 78 valence electrons. The lowest BCUT2D eigenvalue weighted by molar-refractivity contribution is 0.415. The number of benzene rings is 1. The number of ether oxygens (including phenoxy) is 1. The smallest absolute Gasteiger partial charge is 0.302 e. The van der Waals surface area contributed by atoms with Crippen LogP contribution in [-0.2, 0) is 6.54 Å². The van der Waals surface area contributed by atoms with E-state index in [2.05, 4.69) is 11.9 Å². The molecular formula is C12H14N2O. The first-order valence-electron chi connectivity index (χ1n) is 5.06. The Balaban J connectivity index is 2.24. The minimum Gasteiger partial charge on any atom is -0.426 e. The average Bonchev–Trinajstić information content (AvgIpc) is 2.60. The molecule has 0 fully saturated rings. The summed E-state index contributed by atoms with van der Waals surface area (Å²) in [5, 5.41) is 0. The molecule has 3 nitrogen and oxygen atoms in total. The fourth-order valence-electron chi connectivity index (χ4n) is 1.43. The zero-order chi connectivity index (χ0) is 10.7. The molecule has 2 aromatic rings. The lowest BCUT2D eigenvalue weighted by atomic mass is 10.3. The zero-order valence-electron chi connectivity index (χ0n) is 8.97. The Labute approximate surface area is 89.3 Å². The van der Waals surface area contributed by atoms with Crippen LogP contribution in [-0.4, -0.2) is 9.55 Å². The van der Waals surface area contributed by atoms with Gasteiger partial charge in [0.05, 0.1) is 5.69 Å². The molecule has 15 heavy (non-hydrogen) atoms. The third-order valence-electron chi connectivity index (χ3n) is 2.15. The van der Waals surface area contributed by atoms with Crippen molar-refractivity contribution in [3.63, 3.8) is 0 Å². The summed E-state index contributed by atoms with van der Waals surface area (Å²) in [7, 11) is 0. The number of nitrogens with zero attached hydrogens (tertiary/aromatic N) is 2. The van der Waals surface area contributed by atoms with Crippen molar-refractivity contribution in [2.45, 2.75) is 20.4 Å². The normalized spacial score (nSPS) is 10.3. The van der Waals surface area contributed by atoms with Crippen LogP contribution >= 0.6 is 0 Å². The van der Waals surface area contributed by atoms with E-state index in [4.69, 9.17) is 4.74 Å². The van der Waals surface area contributed by atoms with Crippen molar-refractivity contribution in [1.29, 1.82) is 0 Å². The summed E-state index contributed by atoms with van der Waals surface area (Å²) in [4.78, 5) is 4.32. The second-order valence-electron chi connectivity index (χ2n) is 3.37. The number of aromatic nitrogens is 2. The van der Waals surface area contributed by atoms with Gasteiger partial charge in [-0.05, 0) is 26.0 Å². The molecule has 0 bridgehead atoms.